The molecule has 3 rings (SSSR count). The van der Waals surface area contributed by atoms with Gasteiger partial charge in [0.1, 0.15) is 5.75 Å². The van der Waals surface area contributed by atoms with Crippen LogP contribution < -0.4 is 15.0 Å². The first-order valence-electron chi connectivity index (χ1n) is 9.52. The van der Waals surface area contributed by atoms with Crippen LogP contribution in [-0.4, -0.2) is 39.1 Å². The third kappa shape index (κ3) is 5.05. The minimum atomic E-state index is -3.83. The van der Waals surface area contributed by atoms with Crippen molar-refractivity contribution in [3.63, 3.8) is 0 Å². The molecule has 166 valence electrons. The average Bonchev–Trinajstić information content (AvgIpc) is 3.01. The fourth-order valence-corrected chi connectivity index (χ4v) is 6.12. The Kier molecular flexibility index (Phi) is 6.98. The van der Waals surface area contributed by atoms with Crippen LogP contribution >= 0.6 is 27.5 Å². The summed E-state index contributed by atoms with van der Waals surface area (Å²) < 4.78 is 32.0. The molecule has 1 aliphatic heterocycles. The summed E-state index contributed by atoms with van der Waals surface area (Å²) in [6, 6.07) is 7.93. The highest BCUT2D eigenvalue weighted by Gasteiger charge is 2.35. The average molecular weight is 530 g/mol. The lowest BCUT2D eigenvalue weighted by atomic mass is 10.1. The van der Waals surface area contributed by atoms with Gasteiger partial charge >= 0.3 is 0 Å². The van der Waals surface area contributed by atoms with Crippen LogP contribution in [0.2, 0.25) is 5.02 Å². The highest BCUT2D eigenvalue weighted by molar-refractivity contribution is 9.10. The van der Waals surface area contributed by atoms with Crippen LogP contribution in [0.15, 0.2) is 39.7 Å². The Morgan fingerprint density at radius 2 is 2.00 bits per heavy atom. The SMILES string of the molecule is COc1ccc(NC(=O)CCS(=O)(=O)c2cc(Br)cc3c2N(C(C)=O)C(C)C3)cc1Cl. The highest BCUT2D eigenvalue weighted by Crippen LogP contribution is 2.40. The molecule has 10 heteroatoms. The van der Waals surface area contributed by atoms with Gasteiger partial charge in [0.15, 0.2) is 9.84 Å². The molecule has 1 aliphatic rings. The van der Waals surface area contributed by atoms with E-state index in [-0.39, 0.29) is 23.3 Å². The number of fused-ring (bicyclic) bond motifs is 1. The molecule has 0 aromatic heterocycles. The summed E-state index contributed by atoms with van der Waals surface area (Å²) in [5, 5.41) is 2.97. The number of hydrogen-bond donors (Lipinski definition) is 1. The Hall–Kier alpha value is -2.10. The number of anilines is 2. The number of carbonyl (C=O) groups is 2. The molecule has 0 bridgehead atoms. The number of halogens is 2. The van der Waals surface area contributed by atoms with Gasteiger partial charge in [-0.1, -0.05) is 27.5 Å². The second-order valence-electron chi connectivity index (χ2n) is 7.32. The number of methoxy groups -OCH3 is 1. The Labute approximate surface area is 194 Å². The van der Waals surface area contributed by atoms with E-state index in [2.05, 4.69) is 21.2 Å². The Bertz CT molecular complexity index is 1150. The van der Waals surface area contributed by atoms with Crippen molar-refractivity contribution < 1.29 is 22.7 Å². The molecule has 0 saturated heterocycles. The predicted molar refractivity (Wildman–Crippen MR) is 124 cm³/mol. The summed E-state index contributed by atoms with van der Waals surface area (Å²) >= 11 is 9.41. The van der Waals surface area contributed by atoms with Crippen LogP contribution in [0, 0.1) is 0 Å². The van der Waals surface area contributed by atoms with Gasteiger partial charge in [0, 0.05) is 29.5 Å². The minimum Gasteiger partial charge on any atom is -0.495 e. The summed E-state index contributed by atoms with van der Waals surface area (Å²) in [6.45, 7) is 3.29. The Morgan fingerprint density at radius 3 is 2.61 bits per heavy atom. The minimum absolute atomic E-state index is 0.0525. The topological polar surface area (TPSA) is 92.8 Å². The molecule has 1 unspecified atom stereocenters. The summed E-state index contributed by atoms with van der Waals surface area (Å²) in [4.78, 5) is 26.1. The fourth-order valence-electron chi connectivity index (χ4n) is 3.70. The molecule has 1 N–H and O–H groups in total. The van der Waals surface area contributed by atoms with E-state index in [4.69, 9.17) is 16.3 Å². The number of benzene rings is 2. The molecule has 0 saturated carbocycles. The van der Waals surface area contributed by atoms with Crippen LogP contribution in [0.5, 0.6) is 5.75 Å². The smallest absolute Gasteiger partial charge is 0.225 e. The van der Waals surface area contributed by atoms with Gasteiger partial charge < -0.3 is 15.0 Å². The summed E-state index contributed by atoms with van der Waals surface area (Å²) in [5.41, 5.74) is 1.63. The molecular weight excluding hydrogens is 508 g/mol. The molecule has 0 radical (unpaired) electrons. The van der Waals surface area contributed by atoms with Gasteiger partial charge in [-0.2, -0.15) is 0 Å². The summed E-state index contributed by atoms with van der Waals surface area (Å²) in [6.07, 6.45) is 0.318. The lowest BCUT2D eigenvalue weighted by Gasteiger charge is -2.23. The zero-order valence-corrected chi connectivity index (χ0v) is 20.4. The van der Waals surface area contributed by atoms with E-state index in [1.54, 1.807) is 12.1 Å². The first-order valence-corrected chi connectivity index (χ1v) is 12.3. The molecule has 0 aliphatic carbocycles. The normalized spacial score (nSPS) is 15.5. The summed E-state index contributed by atoms with van der Waals surface area (Å²) in [7, 11) is -2.35. The number of nitrogens with zero attached hydrogens (tertiary/aromatic N) is 1. The van der Waals surface area contributed by atoms with Crippen LogP contribution in [0.25, 0.3) is 0 Å². The molecule has 2 aromatic carbocycles. The maximum absolute atomic E-state index is 13.1. The van der Waals surface area contributed by atoms with Crippen LogP contribution in [0.4, 0.5) is 11.4 Å². The van der Waals surface area contributed by atoms with E-state index in [1.165, 1.54) is 31.1 Å². The van der Waals surface area contributed by atoms with Crippen molar-refractivity contribution in [1.82, 2.24) is 0 Å². The number of rotatable bonds is 6. The molecule has 2 amide bonds. The standard InChI is InChI=1S/C21H22BrClN2O5S/c1-12-8-14-9-15(22)10-19(21(14)25(12)13(2)26)31(28,29)7-6-20(27)24-16-4-5-18(30-3)17(23)11-16/h4-5,9-12H,6-8H2,1-3H3,(H,24,27). The zero-order valence-electron chi connectivity index (χ0n) is 17.2. The maximum Gasteiger partial charge on any atom is 0.225 e. The molecular formula is C21H22BrClN2O5S. The van der Waals surface area contributed by atoms with E-state index in [0.717, 1.165) is 5.56 Å². The fraction of sp³-hybridized carbons (Fsp3) is 0.333. The van der Waals surface area contributed by atoms with Crippen molar-refractivity contribution in [2.75, 3.05) is 23.1 Å². The van der Waals surface area contributed by atoms with Gasteiger partial charge in [-0.15, -0.1) is 0 Å². The molecule has 0 spiro atoms. The molecule has 1 heterocycles. The van der Waals surface area contributed by atoms with Crippen molar-refractivity contribution in [3.05, 3.63) is 45.4 Å². The molecule has 7 nitrogen and oxygen atoms in total. The number of nitrogens with one attached hydrogen (secondary N) is 1. The van der Waals surface area contributed by atoms with Gasteiger partial charge in [-0.05, 0) is 49.2 Å². The van der Waals surface area contributed by atoms with E-state index in [1.807, 2.05) is 13.0 Å². The van der Waals surface area contributed by atoms with E-state index >= 15 is 0 Å². The number of amides is 2. The molecule has 2 aromatic rings. The van der Waals surface area contributed by atoms with Gasteiger partial charge in [-0.25, -0.2) is 8.42 Å². The van der Waals surface area contributed by atoms with Crippen molar-refractivity contribution in [3.8, 4) is 5.75 Å². The predicted octanol–water partition coefficient (Wildman–Crippen LogP) is 4.21. The maximum atomic E-state index is 13.1. The third-order valence-electron chi connectivity index (χ3n) is 5.02. The summed E-state index contributed by atoms with van der Waals surface area (Å²) in [5.74, 6) is -0.617. The number of hydrogen-bond acceptors (Lipinski definition) is 5. The number of carbonyl (C=O) groups excluding carboxylic acids is 2. The third-order valence-corrected chi connectivity index (χ3v) is 7.50. The molecule has 31 heavy (non-hydrogen) atoms. The van der Waals surface area contributed by atoms with Crippen LogP contribution in [0.3, 0.4) is 0 Å². The van der Waals surface area contributed by atoms with Crippen LogP contribution in [-0.2, 0) is 25.8 Å². The van der Waals surface area contributed by atoms with Gasteiger partial charge in [-0.3, -0.25) is 9.59 Å². The lowest BCUT2D eigenvalue weighted by molar-refractivity contribution is -0.117. The second kappa shape index (κ2) is 9.18. The van der Waals surface area contributed by atoms with E-state index in [9.17, 15) is 18.0 Å². The van der Waals surface area contributed by atoms with Gasteiger partial charge in [0.25, 0.3) is 0 Å². The molecule has 1 atom stereocenters. The van der Waals surface area contributed by atoms with Crippen molar-refractivity contribution in [1.29, 1.82) is 0 Å². The lowest BCUT2D eigenvalue weighted by Crippen LogP contribution is -2.34. The second-order valence-corrected chi connectivity index (χ2v) is 10.7. The van der Waals surface area contributed by atoms with E-state index < -0.39 is 21.5 Å². The molecule has 0 fully saturated rings. The number of ether oxygens (including phenoxy) is 1. The van der Waals surface area contributed by atoms with Crippen molar-refractivity contribution >= 4 is 60.6 Å². The van der Waals surface area contributed by atoms with Crippen LogP contribution in [0.1, 0.15) is 25.8 Å². The largest absolute Gasteiger partial charge is 0.495 e. The quantitative estimate of drug-likeness (QED) is 0.605. The van der Waals surface area contributed by atoms with E-state index in [0.29, 0.717) is 33.0 Å². The Morgan fingerprint density at radius 1 is 1.29 bits per heavy atom. The first-order chi connectivity index (χ1) is 14.5. The van der Waals surface area contributed by atoms with Crippen molar-refractivity contribution in [2.45, 2.75) is 37.6 Å². The highest BCUT2D eigenvalue weighted by atomic mass is 79.9. The zero-order chi connectivity index (χ0) is 22.9. The first kappa shape index (κ1) is 23.6. The van der Waals surface area contributed by atoms with Gasteiger partial charge in [0.05, 0.1) is 28.5 Å². The van der Waals surface area contributed by atoms with Crippen molar-refractivity contribution in [2.24, 2.45) is 0 Å². The Balaban J connectivity index is 1.80. The monoisotopic (exact) mass is 528 g/mol. The number of sulfone groups is 1. The van der Waals surface area contributed by atoms with Gasteiger partial charge in [0.2, 0.25) is 11.8 Å².